The summed E-state index contributed by atoms with van der Waals surface area (Å²) in [5.74, 6) is -0.827. The molecule has 1 aromatic carbocycles. The molecule has 0 aliphatic carbocycles. The molecule has 0 heterocycles. The Morgan fingerprint density at radius 2 is 2.12 bits per heavy atom. The van der Waals surface area contributed by atoms with Crippen molar-refractivity contribution in [2.24, 2.45) is 5.73 Å². The number of benzene rings is 1. The van der Waals surface area contributed by atoms with Crippen LogP contribution >= 0.6 is 12.2 Å². The minimum absolute atomic E-state index is 0.0273. The van der Waals surface area contributed by atoms with Crippen LogP contribution in [-0.2, 0) is 17.8 Å². The van der Waals surface area contributed by atoms with Gasteiger partial charge in [0.15, 0.2) is 0 Å². The summed E-state index contributed by atoms with van der Waals surface area (Å²) in [5, 5.41) is 8.66. The zero-order valence-electron chi connectivity index (χ0n) is 9.72. The Morgan fingerprint density at radius 1 is 1.47 bits per heavy atom. The lowest BCUT2D eigenvalue weighted by Gasteiger charge is -2.14. The summed E-state index contributed by atoms with van der Waals surface area (Å²) in [5.41, 5.74) is 7.60. The fraction of sp³-hybridized carbons (Fsp3) is 0.333. The van der Waals surface area contributed by atoms with E-state index < -0.39 is 5.97 Å². The summed E-state index contributed by atoms with van der Waals surface area (Å²) in [4.78, 5) is 12.7. The molecule has 1 aromatic rings. The Morgan fingerprint density at radius 3 is 2.71 bits per heavy atom. The maximum absolute atomic E-state index is 10.5. The van der Waals surface area contributed by atoms with Gasteiger partial charge >= 0.3 is 5.97 Å². The number of carboxylic acid groups (broad SMARTS) is 1. The third-order valence-corrected chi connectivity index (χ3v) is 2.37. The van der Waals surface area contributed by atoms with Crippen molar-refractivity contribution in [3.05, 3.63) is 35.4 Å². The summed E-state index contributed by atoms with van der Waals surface area (Å²) >= 11 is 4.86. The Kier molecular flexibility index (Phi) is 5.06. The van der Waals surface area contributed by atoms with Crippen LogP contribution in [0.4, 0.5) is 0 Å². The van der Waals surface area contributed by atoms with Crippen LogP contribution in [0.3, 0.4) is 0 Å². The third kappa shape index (κ3) is 5.42. The highest BCUT2D eigenvalue weighted by Crippen LogP contribution is 2.08. The van der Waals surface area contributed by atoms with E-state index in [9.17, 15) is 4.79 Å². The second kappa shape index (κ2) is 6.32. The fourth-order valence-corrected chi connectivity index (χ4v) is 1.80. The van der Waals surface area contributed by atoms with Gasteiger partial charge in [-0.05, 0) is 18.2 Å². The van der Waals surface area contributed by atoms with Crippen molar-refractivity contribution in [2.75, 3.05) is 13.6 Å². The molecule has 1 rings (SSSR count). The molecule has 0 aromatic heterocycles. The third-order valence-electron chi connectivity index (χ3n) is 2.23. The van der Waals surface area contributed by atoms with Crippen molar-refractivity contribution in [1.29, 1.82) is 0 Å². The Balaban J connectivity index is 2.65. The number of aliphatic carboxylic acids is 1. The Hall–Kier alpha value is -1.46. The fourth-order valence-electron chi connectivity index (χ4n) is 1.64. The van der Waals surface area contributed by atoms with Crippen molar-refractivity contribution in [3.63, 3.8) is 0 Å². The molecule has 0 radical (unpaired) electrons. The van der Waals surface area contributed by atoms with Crippen LogP contribution in [0.1, 0.15) is 11.1 Å². The van der Waals surface area contributed by atoms with E-state index in [1.165, 1.54) is 0 Å². The van der Waals surface area contributed by atoms with Gasteiger partial charge in [0.05, 0.1) is 11.5 Å². The minimum atomic E-state index is -0.827. The SMILES string of the molecule is CN(CC(=O)O)Cc1cccc(CC(N)=S)c1. The Labute approximate surface area is 106 Å². The second-order valence-corrected chi connectivity index (χ2v) is 4.55. The van der Waals surface area contributed by atoms with E-state index in [2.05, 4.69) is 0 Å². The number of nitrogens with zero attached hydrogens (tertiary/aromatic N) is 1. The lowest BCUT2D eigenvalue weighted by Crippen LogP contribution is -2.25. The first-order valence-electron chi connectivity index (χ1n) is 5.24. The summed E-state index contributed by atoms with van der Waals surface area (Å²) in [6, 6.07) is 7.84. The monoisotopic (exact) mass is 252 g/mol. The predicted octanol–water partition coefficient (Wildman–Crippen LogP) is 1.03. The van der Waals surface area contributed by atoms with E-state index >= 15 is 0 Å². The number of nitrogens with two attached hydrogens (primary N) is 1. The lowest BCUT2D eigenvalue weighted by atomic mass is 10.1. The van der Waals surface area contributed by atoms with Crippen LogP contribution in [0.2, 0.25) is 0 Å². The normalized spacial score (nSPS) is 10.5. The molecule has 3 N–H and O–H groups in total. The number of carboxylic acids is 1. The molecule has 0 fully saturated rings. The van der Waals surface area contributed by atoms with Gasteiger partial charge in [-0.15, -0.1) is 0 Å². The Bertz CT molecular complexity index is 421. The molecule has 0 spiro atoms. The first kappa shape index (κ1) is 13.6. The van der Waals surface area contributed by atoms with E-state index in [1.54, 1.807) is 11.9 Å². The first-order valence-corrected chi connectivity index (χ1v) is 5.64. The van der Waals surface area contributed by atoms with Crippen LogP contribution < -0.4 is 5.73 Å². The predicted molar refractivity (Wildman–Crippen MR) is 70.9 cm³/mol. The highest BCUT2D eigenvalue weighted by molar-refractivity contribution is 7.80. The van der Waals surface area contributed by atoms with E-state index in [0.29, 0.717) is 18.0 Å². The van der Waals surface area contributed by atoms with E-state index in [1.807, 2.05) is 24.3 Å². The molecular weight excluding hydrogens is 236 g/mol. The number of thiocarbonyl (C=S) groups is 1. The van der Waals surface area contributed by atoms with Crippen molar-refractivity contribution in [1.82, 2.24) is 4.90 Å². The second-order valence-electron chi connectivity index (χ2n) is 4.03. The van der Waals surface area contributed by atoms with Crippen LogP contribution in [-0.4, -0.2) is 34.6 Å². The van der Waals surface area contributed by atoms with Crippen LogP contribution in [0, 0.1) is 0 Å². The molecule has 92 valence electrons. The zero-order valence-corrected chi connectivity index (χ0v) is 10.5. The number of hydrogen-bond acceptors (Lipinski definition) is 3. The van der Waals surface area contributed by atoms with E-state index in [0.717, 1.165) is 11.1 Å². The van der Waals surface area contributed by atoms with Gasteiger partial charge < -0.3 is 10.8 Å². The smallest absolute Gasteiger partial charge is 0.317 e. The molecule has 0 bridgehead atoms. The molecule has 0 atom stereocenters. The number of rotatable bonds is 6. The highest BCUT2D eigenvalue weighted by Gasteiger charge is 2.05. The van der Waals surface area contributed by atoms with Gasteiger partial charge in [-0.2, -0.15) is 0 Å². The van der Waals surface area contributed by atoms with Crippen molar-refractivity contribution < 1.29 is 9.90 Å². The molecule has 0 saturated carbocycles. The maximum atomic E-state index is 10.5. The van der Waals surface area contributed by atoms with Gasteiger partial charge in [0.2, 0.25) is 0 Å². The quantitative estimate of drug-likeness (QED) is 0.740. The van der Waals surface area contributed by atoms with E-state index in [-0.39, 0.29) is 6.54 Å². The molecule has 0 aliphatic rings. The van der Waals surface area contributed by atoms with Crippen LogP contribution in [0.25, 0.3) is 0 Å². The van der Waals surface area contributed by atoms with Crippen LogP contribution in [0.5, 0.6) is 0 Å². The minimum Gasteiger partial charge on any atom is -0.480 e. The van der Waals surface area contributed by atoms with Crippen LogP contribution in [0.15, 0.2) is 24.3 Å². The lowest BCUT2D eigenvalue weighted by molar-refractivity contribution is -0.138. The molecular formula is C12H16N2O2S. The number of hydrogen-bond donors (Lipinski definition) is 2. The average Bonchev–Trinajstić information content (AvgIpc) is 2.14. The number of likely N-dealkylation sites (N-methyl/N-ethyl adjacent to an activating group) is 1. The first-order chi connectivity index (χ1) is 7.97. The maximum Gasteiger partial charge on any atom is 0.317 e. The standard InChI is InChI=1S/C12H16N2O2S/c1-14(8-12(15)16)7-10-4-2-3-9(5-10)6-11(13)17/h2-5H,6-8H2,1H3,(H2,13,17)(H,15,16). The summed E-state index contributed by atoms with van der Waals surface area (Å²) in [7, 11) is 1.77. The number of carbonyl (C=O) groups is 1. The topological polar surface area (TPSA) is 66.6 Å². The molecule has 0 unspecified atom stereocenters. The van der Waals surface area contributed by atoms with Crippen molar-refractivity contribution >= 4 is 23.2 Å². The largest absolute Gasteiger partial charge is 0.480 e. The zero-order chi connectivity index (χ0) is 12.8. The molecule has 5 heteroatoms. The average molecular weight is 252 g/mol. The summed E-state index contributed by atoms with van der Waals surface area (Å²) in [6.45, 7) is 0.622. The molecule has 0 saturated heterocycles. The van der Waals surface area contributed by atoms with E-state index in [4.69, 9.17) is 23.1 Å². The molecule has 0 aliphatic heterocycles. The van der Waals surface area contributed by atoms with Gasteiger partial charge in [-0.3, -0.25) is 9.69 Å². The van der Waals surface area contributed by atoms with Crippen molar-refractivity contribution in [3.8, 4) is 0 Å². The summed E-state index contributed by atoms with van der Waals surface area (Å²) in [6.07, 6.45) is 0.575. The summed E-state index contributed by atoms with van der Waals surface area (Å²) < 4.78 is 0. The molecule has 17 heavy (non-hydrogen) atoms. The molecule has 0 amide bonds. The van der Waals surface area contributed by atoms with Gasteiger partial charge in [0.25, 0.3) is 0 Å². The van der Waals surface area contributed by atoms with Gasteiger partial charge in [0, 0.05) is 13.0 Å². The van der Waals surface area contributed by atoms with Gasteiger partial charge in [-0.1, -0.05) is 36.5 Å². The van der Waals surface area contributed by atoms with Gasteiger partial charge in [0.1, 0.15) is 0 Å². The van der Waals surface area contributed by atoms with Gasteiger partial charge in [-0.25, -0.2) is 0 Å². The molecule has 4 nitrogen and oxygen atoms in total. The van der Waals surface area contributed by atoms with Crippen molar-refractivity contribution in [2.45, 2.75) is 13.0 Å². The highest BCUT2D eigenvalue weighted by atomic mass is 32.1.